The van der Waals surface area contributed by atoms with Crippen LogP contribution in [0.25, 0.3) is 0 Å². The van der Waals surface area contributed by atoms with Crippen molar-refractivity contribution in [1.29, 1.82) is 0 Å². The van der Waals surface area contributed by atoms with Crippen LogP contribution in [0.15, 0.2) is 35.2 Å². The fraction of sp³-hybridized carbons (Fsp3) is 0.500. The molecule has 0 bridgehead atoms. The highest BCUT2D eigenvalue weighted by Gasteiger charge is 2.32. The first-order valence-electron chi connectivity index (χ1n) is 7.64. The molecule has 1 amide bonds. The van der Waals surface area contributed by atoms with Crippen molar-refractivity contribution in [2.75, 3.05) is 6.54 Å². The normalized spacial score (nSPS) is 14.2. The van der Waals surface area contributed by atoms with Gasteiger partial charge in [0, 0.05) is 18.5 Å². The van der Waals surface area contributed by atoms with E-state index < -0.39 is 27.4 Å². The number of nitrogens with one attached hydrogen (secondary N) is 2. The maximum atomic E-state index is 12.0. The monoisotopic (exact) mass is 356 g/mol. The van der Waals surface area contributed by atoms with E-state index >= 15 is 0 Å². The van der Waals surface area contributed by atoms with Gasteiger partial charge in [0.25, 0.3) is 0 Å². The molecule has 24 heavy (non-hydrogen) atoms. The highest BCUT2D eigenvalue weighted by Crippen LogP contribution is 2.21. The van der Waals surface area contributed by atoms with Gasteiger partial charge >= 0.3 is 5.97 Å². The van der Waals surface area contributed by atoms with Crippen LogP contribution >= 0.6 is 0 Å². The SMILES string of the molecule is CC(C)C(C)(CC(=O)O)NC(=O)CCNS(=O)(=O)c1ccccc1. The van der Waals surface area contributed by atoms with Crippen LogP contribution in [0.3, 0.4) is 0 Å². The number of carbonyl (C=O) groups excluding carboxylic acids is 1. The highest BCUT2D eigenvalue weighted by molar-refractivity contribution is 7.89. The maximum absolute atomic E-state index is 12.0. The van der Waals surface area contributed by atoms with Crippen molar-refractivity contribution >= 4 is 21.9 Å². The van der Waals surface area contributed by atoms with Gasteiger partial charge in [0.2, 0.25) is 15.9 Å². The Balaban J connectivity index is 2.58. The fourth-order valence-corrected chi connectivity index (χ4v) is 3.12. The number of carboxylic acid groups (broad SMARTS) is 1. The molecule has 0 saturated carbocycles. The van der Waals surface area contributed by atoms with Gasteiger partial charge in [-0.15, -0.1) is 0 Å². The number of amides is 1. The van der Waals surface area contributed by atoms with E-state index in [1.54, 1.807) is 25.1 Å². The molecule has 1 atom stereocenters. The van der Waals surface area contributed by atoms with Gasteiger partial charge in [0.1, 0.15) is 0 Å². The van der Waals surface area contributed by atoms with Gasteiger partial charge in [-0.2, -0.15) is 0 Å². The minimum Gasteiger partial charge on any atom is -0.481 e. The second kappa shape index (κ2) is 8.25. The highest BCUT2D eigenvalue weighted by atomic mass is 32.2. The van der Waals surface area contributed by atoms with E-state index in [1.165, 1.54) is 12.1 Å². The Morgan fingerprint density at radius 2 is 1.79 bits per heavy atom. The molecule has 0 fully saturated rings. The van der Waals surface area contributed by atoms with Gasteiger partial charge in [-0.1, -0.05) is 32.0 Å². The largest absolute Gasteiger partial charge is 0.481 e. The first-order chi connectivity index (χ1) is 11.1. The van der Waals surface area contributed by atoms with Gasteiger partial charge in [0.15, 0.2) is 0 Å². The Kier molecular flexibility index (Phi) is 6.92. The van der Waals surface area contributed by atoms with Crippen molar-refractivity contribution in [2.45, 2.75) is 44.0 Å². The summed E-state index contributed by atoms with van der Waals surface area (Å²) >= 11 is 0. The number of hydrogen-bond donors (Lipinski definition) is 3. The summed E-state index contributed by atoms with van der Waals surface area (Å²) in [6.45, 7) is 5.24. The van der Waals surface area contributed by atoms with Crippen LogP contribution in [-0.2, 0) is 19.6 Å². The number of benzene rings is 1. The van der Waals surface area contributed by atoms with E-state index in [2.05, 4.69) is 10.0 Å². The smallest absolute Gasteiger partial charge is 0.305 e. The minimum absolute atomic E-state index is 0.0652. The van der Waals surface area contributed by atoms with E-state index in [-0.39, 0.29) is 30.2 Å². The van der Waals surface area contributed by atoms with Crippen LogP contribution in [0.1, 0.15) is 33.6 Å². The molecule has 3 N–H and O–H groups in total. The van der Waals surface area contributed by atoms with Gasteiger partial charge in [-0.05, 0) is 25.0 Å². The summed E-state index contributed by atoms with van der Waals surface area (Å²) in [6, 6.07) is 7.86. The van der Waals surface area contributed by atoms with Crippen LogP contribution in [0.4, 0.5) is 0 Å². The predicted molar refractivity (Wildman–Crippen MR) is 89.9 cm³/mol. The second-order valence-electron chi connectivity index (χ2n) is 6.15. The zero-order valence-corrected chi connectivity index (χ0v) is 14.9. The van der Waals surface area contributed by atoms with Crippen LogP contribution in [0.5, 0.6) is 0 Å². The number of sulfonamides is 1. The lowest BCUT2D eigenvalue weighted by Gasteiger charge is -2.33. The molecule has 1 aromatic rings. The van der Waals surface area contributed by atoms with Crippen molar-refractivity contribution in [3.05, 3.63) is 30.3 Å². The lowest BCUT2D eigenvalue weighted by atomic mass is 9.85. The van der Waals surface area contributed by atoms with Crippen LogP contribution in [0.2, 0.25) is 0 Å². The van der Waals surface area contributed by atoms with Gasteiger partial charge in [0.05, 0.1) is 11.3 Å². The summed E-state index contributed by atoms with van der Waals surface area (Å²) in [4.78, 5) is 23.1. The average molecular weight is 356 g/mol. The van der Waals surface area contributed by atoms with E-state index in [0.29, 0.717) is 0 Å². The van der Waals surface area contributed by atoms with Crippen molar-refractivity contribution in [1.82, 2.24) is 10.0 Å². The summed E-state index contributed by atoms with van der Waals surface area (Å²) < 4.78 is 26.4. The summed E-state index contributed by atoms with van der Waals surface area (Å²) in [7, 11) is -3.66. The summed E-state index contributed by atoms with van der Waals surface area (Å²) in [5.41, 5.74) is -0.888. The molecule has 1 aromatic carbocycles. The van der Waals surface area contributed by atoms with E-state index in [4.69, 9.17) is 5.11 Å². The number of rotatable bonds is 9. The molecule has 0 saturated heterocycles. The van der Waals surface area contributed by atoms with Gasteiger partial charge in [-0.25, -0.2) is 13.1 Å². The minimum atomic E-state index is -3.66. The zero-order valence-electron chi connectivity index (χ0n) is 14.1. The molecule has 0 aromatic heterocycles. The first kappa shape index (κ1) is 20.1. The van der Waals surface area contributed by atoms with Crippen molar-refractivity contribution in [2.24, 2.45) is 5.92 Å². The number of hydrogen-bond acceptors (Lipinski definition) is 4. The van der Waals surface area contributed by atoms with E-state index in [0.717, 1.165) is 0 Å². The van der Waals surface area contributed by atoms with Crippen molar-refractivity contribution < 1.29 is 23.1 Å². The lowest BCUT2D eigenvalue weighted by molar-refractivity contribution is -0.139. The quantitative estimate of drug-likeness (QED) is 0.618. The Morgan fingerprint density at radius 3 is 2.29 bits per heavy atom. The first-order valence-corrected chi connectivity index (χ1v) is 9.12. The van der Waals surface area contributed by atoms with Crippen molar-refractivity contribution in [3.63, 3.8) is 0 Å². The fourth-order valence-electron chi connectivity index (χ4n) is 2.07. The van der Waals surface area contributed by atoms with Crippen LogP contribution in [0, 0.1) is 5.92 Å². The molecule has 0 aliphatic carbocycles. The number of aliphatic carboxylic acids is 1. The third-order valence-corrected chi connectivity index (χ3v) is 5.39. The van der Waals surface area contributed by atoms with Gasteiger partial charge < -0.3 is 10.4 Å². The topological polar surface area (TPSA) is 113 Å². The van der Waals surface area contributed by atoms with Crippen molar-refractivity contribution in [3.8, 4) is 0 Å². The third-order valence-electron chi connectivity index (χ3n) is 3.92. The second-order valence-corrected chi connectivity index (χ2v) is 7.92. The van der Waals surface area contributed by atoms with Crippen LogP contribution in [-0.4, -0.2) is 37.5 Å². The molecule has 134 valence electrons. The molecule has 7 nitrogen and oxygen atoms in total. The van der Waals surface area contributed by atoms with E-state index in [1.807, 2.05) is 13.8 Å². The molecular formula is C16H24N2O5S. The predicted octanol–water partition coefficient (Wildman–Crippen LogP) is 1.36. The lowest BCUT2D eigenvalue weighted by Crippen LogP contribution is -2.51. The molecule has 0 radical (unpaired) electrons. The molecular weight excluding hydrogens is 332 g/mol. The number of carboxylic acids is 1. The summed E-state index contributed by atoms with van der Waals surface area (Å²) in [5.74, 6) is -1.49. The average Bonchev–Trinajstić information content (AvgIpc) is 2.46. The molecule has 0 heterocycles. The Bertz CT molecular complexity index is 673. The number of carbonyl (C=O) groups is 2. The third kappa shape index (κ3) is 5.93. The summed E-state index contributed by atoms with van der Waals surface area (Å²) in [5, 5.41) is 11.7. The zero-order chi connectivity index (χ0) is 18.4. The Hall–Kier alpha value is -1.93. The summed E-state index contributed by atoms with van der Waals surface area (Å²) in [6.07, 6.45) is -0.278. The van der Waals surface area contributed by atoms with E-state index in [9.17, 15) is 18.0 Å². The maximum Gasteiger partial charge on any atom is 0.305 e. The Labute approximate surface area is 142 Å². The molecule has 0 spiro atoms. The molecule has 1 rings (SSSR count). The standard InChI is InChI=1S/C16H24N2O5S/c1-12(2)16(3,11-15(20)21)18-14(19)9-10-17-24(22,23)13-7-5-4-6-8-13/h4-8,12,17H,9-11H2,1-3H3,(H,18,19)(H,20,21). The molecule has 0 aliphatic rings. The molecule has 1 unspecified atom stereocenters. The Morgan fingerprint density at radius 1 is 1.21 bits per heavy atom. The van der Waals surface area contributed by atoms with Gasteiger partial charge in [-0.3, -0.25) is 9.59 Å². The molecule has 8 heteroatoms. The van der Waals surface area contributed by atoms with Crippen LogP contribution < -0.4 is 10.0 Å². The molecule has 0 aliphatic heterocycles.